The van der Waals surface area contributed by atoms with E-state index in [1.165, 1.54) is 0 Å². The molecule has 0 spiro atoms. The summed E-state index contributed by atoms with van der Waals surface area (Å²) < 4.78 is 10.5. The van der Waals surface area contributed by atoms with Gasteiger partial charge in [0.15, 0.2) is 0 Å². The Morgan fingerprint density at radius 1 is 0.875 bits per heavy atom. The monoisotopic (exact) mass is 558 g/mol. The Balaban J connectivity index is 2.02. The van der Waals surface area contributed by atoms with Gasteiger partial charge in [0, 0.05) is 31.8 Å². The Morgan fingerprint density at radius 3 is 2.25 bits per heavy atom. The van der Waals surface area contributed by atoms with Crippen LogP contribution < -0.4 is 10.6 Å². The normalized spacial score (nSPS) is 22.2. The molecule has 9 heteroatoms. The van der Waals surface area contributed by atoms with Gasteiger partial charge in [-0.3, -0.25) is 24.0 Å². The Bertz CT molecular complexity index is 935. The first-order valence-electron chi connectivity index (χ1n) is 14.8. The van der Waals surface area contributed by atoms with Gasteiger partial charge in [-0.15, -0.1) is 0 Å². The van der Waals surface area contributed by atoms with Crippen molar-refractivity contribution in [2.24, 2.45) is 5.92 Å². The molecule has 1 aromatic rings. The molecule has 1 aliphatic heterocycles. The summed E-state index contributed by atoms with van der Waals surface area (Å²) in [5, 5.41) is 5.69. The third-order valence-corrected chi connectivity index (χ3v) is 7.00. The number of hydrogen-bond donors (Lipinski definition) is 2. The first-order valence-corrected chi connectivity index (χ1v) is 14.8. The number of esters is 2. The molecule has 2 atom stereocenters. The molecule has 1 fully saturated rings. The molecule has 2 unspecified atom stereocenters. The van der Waals surface area contributed by atoms with Crippen molar-refractivity contribution in [3.63, 3.8) is 0 Å². The molecule has 0 bridgehead atoms. The standard InChI is InChI=1S/C31H46N2O7/c1-2-39-31(38)26-16-12-7-5-3-4-6-8-13-17-28(35)32-20-18-29(36)33-25(22-24-14-10-9-11-15-24)23-30(37)40-21-19-27(26)34/h9-11,14-15,25-26H,2-8,12-13,16-23H2,1H3,(H,32,35)(H,33,36). The van der Waals surface area contributed by atoms with E-state index in [-0.39, 0.29) is 56.6 Å². The van der Waals surface area contributed by atoms with Gasteiger partial charge in [0.2, 0.25) is 11.8 Å². The smallest absolute Gasteiger partial charge is 0.316 e. The molecule has 40 heavy (non-hydrogen) atoms. The highest BCUT2D eigenvalue weighted by Gasteiger charge is 2.27. The second-order valence-corrected chi connectivity index (χ2v) is 10.4. The lowest BCUT2D eigenvalue weighted by molar-refractivity contribution is -0.152. The number of benzene rings is 1. The molecule has 1 heterocycles. The first kappa shape index (κ1) is 33.0. The van der Waals surface area contributed by atoms with Crippen LogP contribution in [0.15, 0.2) is 30.3 Å². The van der Waals surface area contributed by atoms with Gasteiger partial charge in [-0.1, -0.05) is 75.3 Å². The predicted octanol–water partition coefficient (Wildman–Crippen LogP) is 4.21. The number of amides is 2. The topological polar surface area (TPSA) is 128 Å². The van der Waals surface area contributed by atoms with Gasteiger partial charge in [0.1, 0.15) is 11.7 Å². The lowest BCUT2D eigenvalue weighted by atomic mass is 9.94. The number of carbonyl (C=O) groups is 5. The molecule has 0 saturated carbocycles. The van der Waals surface area contributed by atoms with Crippen molar-refractivity contribution in [2.75, 3.05) is 19.8 Å². The van der Waals surface area contributed by atoms with Crippen LogP contribution >= 0.6 is 0 Å². The summed E-state index contributed by atoms with van der Waals surface area (Å²) in [7, 11) is 0. The van der Waals surface area contributed by atoms with Gasteiger partial charge in [-0.05, 0) is 31.7 Å². The van der Waals surface area contributed by atoms with Crippen LogP contribution in [0, 0.1) is 5.92 Å². The van der Waals surface area contributed by atoms with E-state index >= 15 is 0 Å². The summed E-state index contributed by atoms with van der Waals surface area (Å²) in [4.78, 5) is 62.6. The van der Waals surface area contributed by atoms with Crippen molar-refractivity contribution in [1.29, 1.82) is 0 Å². The molecular formula is C31H46N2O7. The summed E-state index contributed by atoms with van der Waals surface area (Å²) in [5.74, 6) is -2.51. The lowest BCUT2D eigenvalue weighted by Gasteiger charge is -2.19. The zero-order valence-electron chi connectivity index (χ0n) is 23.9. The largest absolute Gasteiger partial charge is 0.465 e. The van der Waals surface area contributed by atoms with Crippen molar-refractivity contribution in [1.82, 2.24) is 10.6 Å². The number of nitrogens with one attached hydrogen (secondary N) is 2. The van der Waals surface area contributed by atoms with Crippen LogP contribution in [0.4, 0.5) is 0 Å². The molecule has 0 aromatic heterocycles. The van der Waals surface area contributed by atoms with E-state index in [9.17, 15) is 24.0 Å². The Hall–Kier alpha value is -3.23. The maximum atomic E-state index is 12.8. The molecule has 222 valence electrons. The minimum Gasteiger partial charge on any atom is -0.465 e. The molecule has 9 nitrogen and oxygen atoms in total. The number of hydrogen-bond acceptors (Lipinski definition) is 7. The average Bonchev–Trinajstić information content (AvgIpc) is 2.91. The van der Waals surface area contributed by atoms with Crippen molar-refractivity contribution >= 4 is 29.5 Å². The van der Waals surface area contributed by atoms with Crippen molar-refractivity contribution in [3.05, 3.63) is 35.9 Å². The minimum absolute atomic E-state index is 0.0580. The van der Waals surface area contributed by atoms with Crippen LogP contribution in [0.1, 0.15) is 96.0 Å². The second kappa shape index (κ2) is 19.8. The molecule has 0 radical (unpaired) electrons. The highest BCUT2D eigenvalue weighted by Crippen LogP contribution is 2.17. The fraction of sp³-hybridized carbons (Fsp3) is 0.645. The van der Waals surface area contributed by atoms with Gasteiger partial charge in [-0.2, -0.15) is 0 Å². The predicted molar refractivity (Wildman–Crippen MR) is 151 cm³/mol. The highest BCUT2D eigenvalue weighted by molar-refractivity contribution is 5.99. The molecule has 0 aliphatic carbocycles. The van der Waals surface area contributed by atoms with Crippen molar-refractivity contribution in [2.45, 2.75) is 103 Å². The maximum Gasteiger partial charge on any atom is 0.316 e. The summed E-state index contributed by atoms with van der Waals surface area (Å²) in [6.07, 6.45) is 8.95. The number of rotatable bonds is 4. The minimum atomic E-state index is -0.847. The number of carbonyl (C=O) groups excluding carboxylic acids is 5. The van der Waals surface area contributed by atoms with E-state index in [2.05, 4.69) is 10.6 Å². The van der Waals surface area contributed by atoms with E-state index in [1.807, 2.05) is 30.3 Å². The SMILES string of the molecule is CCOC(=O)C1CCCCCCCCCCC(=O)NCCC(=O)NC(Cc2ccccc2)CC(=O)OCCC1=O. The fourth-order valence-corrected chi connectivity index (χ4v) is 4.82. The average molecular weight is 559 g/mol. The molecule has 1 saturated heterocycles. The Labute approximate surface area is 238 Å². The van der Waals surface area contributed by atoms with E-state index in [0.29, 0.717) is 19.3 Å². The van der Waals surface area contributed by atoms with Crippen LogP contribution in [-0.4, -0.2) is 55.3 Å². The van der Waals surface area contributed by atoms with E-state index in [0.717, 1.165) is 56.9 Å². The zero-order chi connectivity index (χ0) is 29.0. The molecule has 2 amide bonds. The quantitative estimate of drug-likeness (QED) is 0.419. The van der Waals surface area contributed by atoms with Crippen LogP contribution in [0.3, 0.4) is 0 Å². The van der Waals surface area contributed by atoms with Gasteiger partial charge in [-0.25, -0.2) is 0 Å². The number of ketones is 1. The number of ether oxygens (including phenoxy) is 2. The summed E-state index contributed by atoms with van der Waals surface area (Å²) in [6.45, 7) is 2.01. The second-order valence-electron chi connectivity index (χ2n) is 10.4. The number of cyclic esters (lactones) is 1. The van der Waals surface area contributed by atoms with E-state index in [4.69, 9.17) is 9.47 Å². The van der Waals surface area contributed by atoms with E-state index in [1.54, 1.807) is 6.92 Å². The fourth-order valence-electron chi connectivity index (χ4n) is 4.82. The summed E-state index contributed by atoms with van der Waals surface area (Å²) in [5.41, 5.74) is 0.953. The van der Waals surface area contributed by atoms with Crippen molar-refractivity contribution in [3.8, 4) is 0 Å². The molecule has 2 N–H and O–H groups in total. The van der Waals surface area contributed by atoms with Crippen LogP contribution in [-0.2, 0) is 39.9 Å². The lowest BCUT2D eigenvalue weighted by Crippen LogP contribution is -2.40. The number of Topliss-reactive ketones (excluding diaryl/α,β-unsaturated/α-hetero) is 1. The molecule has 2 rings (SSSR count). The van der Waals surface area contributed by atoms with Gasteiger partial charge < -0.3 is 20.1 Å². The van der Waals surface area contributed by atoms with Crippen LogP contribution in [0.5, 0.6) is 0 Å². The van der Waals surface area contributed by atoms with Gasteiger partial charge in [0.25, 0.3) is 0 Å². The molecule has 1 aromatic carbocycles. The Morgan fingerprint density at radius 2 is 1.55 bits per heavy atom. The molecule has 1 aliphatic rings. The van der Waals surface area contributed by atoms with Gasteiger partial charge in [0.05, 0.1) is 19.6 Å². The highest BCUT2D eigenvalue weighted by atomic mass is 16.5. The van der Waals surface area contributed by atoms with Crippen LogP contribution in [0.25, 0.3) is 0 Å². The first-order chi connectivity index (χ1) is 19.4. The molecular weight excluding hydrogens is 512 g/mol. The third kappa shape index (κ3) is 14.2. The van der Waals surface area contributed by atoms with Gasteiger partial charge >= 0.3 is 11.9 Å². The summed E-state index contributed by atoms with van der Waals surface area (Å²) >= 11 is 0. The van der Waals surface area contributed by atoms with Crippen molar-refractivity contribution < 1.29 is 33.4 Å². The van der Waals surface area contributed by atoms with E-state index < -0.39 is 23.9 Å². The summed E-state index contributed by atoms with van der Waals surface area (Å²) in [6, 6.07) is 8.98. The third-order valence-electron chi connectivity index (χ3n) is 7.00. The van der Waals surface area contributed by atoms with Crippen LogP contribution in [0.2, 0.25) is 0 Å². The zero-order valence-corrected chi connectivity index (χ0v) is 23.9. The maximum absolute atomic E-state index is 12.8. The Kier molecular flexibility index (Phi) is 16.3.